The van der Waals surface area contributed by atoms with E-state index in [2.05, 4.69) is 30.0 Å². The van der Waals surface area contributed by atoms with E-state index in [1.54, 1.807) is 6.07 Å². The van der Waals surface area contributed by atoms with Crippen LogP contribution in [-0.2, 0) is 17.5 Å². The zero-order valence-corrected chi connectivity index (χ0v) is 18.3. The molecule has 0 N–H and O–H groups in total. The number of benzene rings is 2. The topological polar surface area (TPSA) is 23.6 Å². The molecule has 0 aliphatic carbocycles. The van der Waals surface area contributed by atoms with E-state index in [1.165, 1.54) is 23.3 Å². The zero-order valence-electron chi connectivity index (χ0n) is 18.3. The molecule has 170 valence electrons. The van der Waals surface area contributed by atoms with E-state index in [-0.39, 0.29) is 18.5 Å². The molecule has 0 radical (unpaired) electrons. The second-order valence-electron chi connectivity index (χ2n) is 9.01. The summed E-state index contributed by atoms with van der Waals surface area (Å²) in [4.78, 5) is 16.9. The number of likely N-dealkylation sites (tertiary alicyclic amines) is 2. The van der Waals surface area contributed by atoms with Gasteiger partial charge in [-0.3, -0.25) is 9.69 Å². The van der Waals surface area contributed by atoms with Crippen LogP contribution in [0.15, 0.2) is 60.2 Å². The van der Waals surface area contributed by atoms with Gasteiger partial charge in [0, 0.05) is 38.6 Å². The highest BCUT2D eigenvalue weighted by atomic mass is 19.4. The molecule has 4 rings (SSSR count). The molecule has 0 unspecified atom stereocenters. The SMILES string of the molecule is C/C(=C\c1ccccc1)CN1CC[C@@H]2[C@@H](CCC(=O)N2Cc2cccc(C(F)(F)F)c2)C1. The maximum absolute atomic E-state index is 13.1. The first-order valence-electron chi connectivity index (χ1n) is 11.2. The van der Waals surface area contributed by atoms with E-state index in [4.69, 9.17) is 0 Å². The van der Waals surface area contributed by atoms with Gasteiger partial charge >= 0.3 is 6.18 Å². The molecule has 2 heterocycles. The summed E-state index contributed by atoms with van der Waals surface area (Å²) in [7, 11) is 0. The van der Waals surface area contributed by atoms with E-state index >= 15 is 0 Å². The second kappa shape index (κ2) is 9.49. The van der Waals surface area contributed by atoms with Gasteiger partial charge < -0.3 is 4.90 Å². The van der Waals surface area contributed by atoms with Gasteiger partial charge in [0.05, 0.1) is 5.56 Å². The quantitative estimate of drug-likeness (QED) is 0.600. The fourth-order valence-electron chi connectivity index (χ4n) is 5.05. The largest absolute Gasteiger partial charge is 0.416 e. The molecule has 2 atom stereocenters. The minimum absolute atomic E-state index is 0.0530. The van der Waals surface area contributed by atoms with E-state index in [0.717, 1.165) is 38.5 Å². The van der Waals surface area contributed by atoms with Gasteiger partial charge in [-0.1, -0.05) is 54.1 Å². The van der Waals surface area contributed by atoms with Crippen LogP contribution >= 0.6 is 0 Å². The number of hydrogen-bond acceptors (Lipinski definition) is 2. The Morgan fingerprint density at radius 1 is 1.09 bits per heavy atom. The number of rotatable bonds is 5. The van der Waals surface area contributed by atoms with Crippen molar-refractivity contribution in [3.8, 4) is 0 Å². The Balaban J connectivity index is 1.41. The molecule has 6 heteroatoms. The molecule has 1 amide bonds. The first-order valence-corrected chi connectivity index (χ1v) is 11.2. The molecule has 0 aromatic heterocycles. The summed E-state index contributed by atoms with van der Waals surface area (Å²) in [5.41, 5.74) is 2.36. The average Bonchev–Trinajstić information content (AvgIpc) is 2.76. The van der Waals surface area contributed by atoms with Crippen LogP contribution < -0.4 is 0 Å². The van der Waals surface area contributed by atoms with Crippen molar-refractivity contribution in [1.29, 1.82) is 0 Å². The van der Waals surface area contributed by atoms with Crippen LogP contribution in [0, 0.1) is 5.92 Å². The number of nitrogens with zero attached hydrogens (tertiary/aromatic N) is 2. The van der Waals surface area contributed by atoms with Crippen LogP contribution in [0.2, 0.25) is 0 Å². The van der Waals surface area contributed by atoms with Gasteiger partial charge in [-0.15, -0.1) is 0 Å². The van der Waals surface area contributed by atoms with Gasteiger partial charge in [0.1, 0.15) is 0 Å². The van der Waals surface area contributed by atoms with Gasteiger partial charge in [-0.25, -0.2) is 0 Å². The van der Waals surface area contributed by atoms with Crippen LogP contribution in [-0.4, -0.2) is 41.4 Å². The molecular weight excluding hydrogens is 413 g/mol. The minimum Gasteiger partial charge on any atom is -0.335 e. The van der Waals surface area contributed by atoms with Crippen LogP contribution in [0.5, 0.6) is 0 Å². The predicted octanol–water partition coefficient (Wildman–Crippen LogP) is 5.62. The van der Waals surface area contributed by atoms with Crippen molar-refractivity contribution in [2.24, 2.45) is 5.92 Å². The van der Waals surface area contributed by atoms with Crippen molar-refractivity contribution >= 4 is 12.0 Å². The number of amides is 1. The first-order chi connectivity index (χ1) is 15.3. The molecule has 2 aliphatic rings. The molecule has 2 aliphatic heterocycles. The third-order valence-corrected chi connectivity index (χ3v) is 6.52. The molecule has 0 bridgehead atoms. The van der Waals surface area contributed by atoms with E-state index in [1.807, 2.05) is 23.1 Å². The highest BCUT2D eigenvalue weighted by Gasteiger charge is 2.39. The van der Waals surface area contributed by atoms with E-state index in [9.17, 15) is 18.0 Å². The van der Waals surface area contributed by atoms with Gasteiger partial charge in [0.2, 0.25) is 5.91 Å². The smallest absolute Gasteiger partial charge is 0.335 e. The van der Waals surface area contributed by atoms with E-state index < -0.39 is 11.7 Å². The minimum atomic E-state index is -4.37. The Bertz CT molecular complexity index is 971. The van der Waals surface area contributed by atoms with Crippen molar-refractivity contribution in [2.45, 2.75) is 44.9 Å². The van der Waals surface area contributed by atoms with Crippen molar-refractivity contribution in [3.05, 3.63) is 76.9 Å². The summed E-state index contributed by atoms with van der Waals surface area (Å²) < 4.78 is 39.3. The lowest BCUT2D eigenvalue weighted by atomic mass is 9.83. The highest BCUT2D eigenvalue weighted by molar-refractivity contribution is 5.77. The van der Waals surface area contributed by atoms with Crippen molar-refractivity contribution in [3.63, 3.8) is 0 Å². The standard InChI is InChI=1S/C26H29F3N2O/c1-19(14-20-6-3-2-4-7-20)16-30-13-12-24-22(18-30)10-11-25(32)31(24)17-21-8-5-9-23(15-21)26(27,28)29/h2-9,14-15,22,24H,10-13,16-18H2,1H3/b19-14+/t22-,24+/m0/s1. The number of fused-ring (bicyclic) bond motifs is 1. The number of alkyl halides is 3. The second-order valence-corrected chi connectivity index (χ2v) is 9.01. The predicted molar refractivity (Wildman–Crippen MR) is 120 cm³/mol. The number of carbonyl (C=O) groups excluding carboxylic acids is 1. The first kappa shape index (κ1) is 22.6. The van der Waals surface area contributed by atoms with Gasteiger partial charge in [0.15, 0.2) is 0 Å². The lowest BCUT2D eigenvalue weighted by molar-refractivity contribution is -0.142. The van der Waals surface area contributed by atoms with Crippen LogP contribution in [0.4, 0.5) is 13.2 Å². The Morgan fingerprint density at radius 3 is 2.62 bits per heavy atom. The Morgan fingerprint density at radius 2 is 1.88 bits per heavy atom. The van der Waals surface area contributed by atoms with Crippen molar-refractivity contribution in [2.75, 3.05) is 19.6 Å². The number of piperidine rings is 2. The van der Waals surface area contributed by atoms with Crippen molar-refractivity contribution < 1.29 is 18.0 Å². The van der Waals surface area contributed by atoms with Gasteiger partial charge in [-0.2, -0.15) is 13.2 Å². The monoisotopic (exact) mass is 442 g/mol. The van der Waals surface area contributed by atoms with E-state index in [0.29, 0.717) is 17.9 Å². The molecule has 2 aromatic carbocycles. The van der Waals surface area contributed by atoms with Crippen molar-refractivity contribution in [1.82, 2.24) is 9.80 Å². The number of halogens is 3. The Hall–Kier alpha value is -2.60. The van der Waals surface area contributed by atoms with Crippen LogP contribution in [0.3, 0.4) is 0 Å². The maximum Gasteiger partial charge on any atom is 0.416 e. The number of hydrogen-bond donors (Lipinski definition) is 0. The summed E-state index contributed by atoms with van der Waals surface area (Å²) in [6.45, 7) is 5.07. The molecule has 3 nitrogen and oxygen atoms in total. The van der Waals surface area contributed by atoms with Gasteiger partial charge in [-0.05, 0) is 48.9 Å². The summed E-state index contributed by atoms with van der Waals surface area (Å²) in [5.74, 6) is 0.411. The molecular formula is C26H29F3N2O. The third-order valence-electron chi connectivity index (χ3n) is 6.52. The highest BCUT2D eigenvalue weighted by Crippen LogP contribution is 2.34. The summed E-state index contributed by atoms with van der Waals surface area (Å²) >= 11 is 0. The molecule has 2 saturated heterocycles. The summed E-state index contributed by atoms with van der Waals surface area (Å²) in [6, 6.07) is 15.7. The Labute approximate surface area is 187 Å². The molecule has 0 saturated carbocycles. The van der Waals surface area contributed by atoms with Gasteiger partial charge in [0.25, 0.3) is 0 Å². The molecule has 2 fully saturated rings. The molecule has 0 spiro atoms. The Kier molecular flexibility index (Phi) is 6.70. The lowest BCUT2D eigenvalue weighted by Gasteiger charge is -2.47. The summed E-state index contributed by atoms with van der Waals surface area (Å²) in [6.07, 6.45) is -0.00131. The maximum atomic E-state index is 13.1. The normalized spacial score (nSPS) is 22.7. The third kappa shape index (κ3) is 5.41. The fourth-order valence-corrected chi connectivity index (χ4v) is 5.05. The van der Waals surface area contributed by atoms with Crippen LogP contribution in [0.1, 0.15) is 42.9 Å². The number of carbonyl (C=O) groups is 1. The summed E-state index contributed by atoms with van der Waals surface area (Å²) in [5, 5.41) is 0. The molecule has 32 heavy (non-hydrogen) atoms. The van der Waals surface area contributed by atoms with Crippen LogP contribution in [0.25, 0.3) is 6.08 Å². The molecule has 2 aromatic rings. The lowest BCUT2D eigenvalue weighted by Crippen LogP contribution is -2.55. The fraction of sp³-hybridized carbons (Fsp3) is 0.423. The average molecular weight is 443 g/mol. The zero-order chi connectivity index (χ0) is 22.7.